The Morgan fingerprint density at radius 3 is 2.14 bits per heavy atom. The molecular formula is C8H9F3O3. The lowest BCUT2D eigenvalue weighted by Crippen LogP contribution is -2.29. The predicted molar refractivity (Wildman–Crippen MR) is 41.5 cm³/mol. The molecule has 0 aromatic heterocycles. The summed E-state index contributed by atoms with van der Waals surface area (Å²) in [5.41, 5.74) is -0.987. The van der Waals surface area contributed by atoms with Crippen molar-refractivity contribution in [2.75, 3.05) is 6.61 Å². The molecule has 14 heavy (non-hydrogen) atoms. The van der Waals surface area contributed by atoms with Gasteiger partial charge in [-0.3, -0.25) is 4.79 Å². The first-order chi connectivity index (χ1) is 6.34. The number of esters is 1. The molecule has 0 radical (unpaired) electrons. The Morgan fingerprint density at radius 2 is 1.86 bits per heavy atom. The summed E-state index contributed by atoms with van der Waals surface area (Å²) in [5, 5.41) is 0. The van der Waals surface area contributed by atoms with E-state index in [0.717, 1.165) is 13.0 Å². The molecule has 0 aromatic rings. The van der Waals surface area contributed by atoms with Crippen LogP contribution < -0.4 is 0 Å². The number of hydrogen-bond acceptors (Lipinski definition) is 3. The maximum atomic E-state index is 11.9. The minimum atomic E-state index is -5.05. The van der Waals surface area contributed by atoms with Gasteiger partial charge in [0.25, 0.3) is 5.78 Å². The normalized spacial score (nSPS) is 12.5. The molecule has 0 aromatic carbocycles. The molecule has 6 heteroatoms. The number of rotatable bonds is 3. The molecule has 80 valence electrons. The molecule has 0 N–H and O–H groups in total. The molecule has 0 unspecified atom stereocenters. The lowest BCUT2D eigenvalue weighted by atomic mass is 10.1. The van der Waals surface area contributed by atoms with Gasteiger partial charge in [-0.15, -0.1) is 0 Å². The molecule has 0 rings (SSSR count). The fourth-order valence-electron chi connectivity index (χ4n) is 0.703. The number of allylic oxidation sites excluding steroid dienone is 1. The Balaban J connectivity index is 4.77. The molecule has 0 amide bonds. The molecule has 0 saturated heterocycles. The Hall–Kier alpha value is -1.33. The van der Waals surface area contributed by atoms with Gasteiger partial charge in [-0.05, 0) is 13.8 Å². The molecule has 0 spiro atoms. The van der Waals surface area contributed by atoms with Gasteiger partial charge in [0.2, 0.25) is 0 Å². The fourth-order valence-corrected chi connectivity index (χ4v) is 0.703. The summed E-state index contributed by atoms with van der Waals surface area (Å²) in [5.74, 6) is -3.43. The van der Waals surface area contributed by atoms with E-state index in [1.165, 1.54) is 6.92 Å². The molecule has 0 saturated carbocycles. The van der Waals surface area contributed by atoms with Crippen molar-refractivity contribution in [3.05, 3.63) is 11.6 Å². The van der Waals surface area contributed by atoms with Crippen molar-refractivity contribution in [1.82, 2.24) is 0 Å². The summed E-state index contributed by atoms with van der Waals surface area (Å²) in [7, 11) is 0. The minimum Gasteiger partial charge on any atom is -0.462 e. The van der Waals surface area contributed by atoms with E-state index in [1.54, 1.807) is 0 Å². The lowest BCUT2D eigenvalue weighted by molar-refractivity contribution is -0.168. The van der Waals surface area contributed by atoms with Crippen LogP contribution in [-0.4, -0.2) is 24.5 Å². The van der Waals surface area contributed by atoms with Crippen molar-refractivity contribution in [1.29, 1.82) is 0 Å². The van der Waals surface area contributed by atoms with Crippen molar-refractivity contribution in [2.45, 2.75) is 20.0 Å². The van der Waals surface area contributed by atoms with Gasteiger partial charge in [0.15, 0.2) is 0 Å². The Bertz CT molecular complexity index is 265. The highest BCUT2D eigenvalue weighted by molar-refractivity contribution is 6.19. The third kappa shape index (κ3) is 3.20. The van der Waals surface area contributed by atoms with Crippen LogP contribution in [0, 0.1) is 0 Å². The third-order valence-corrected chi connectivity index (χ3v) is 1.29. The number of halogens is 3. The van der Waals surface area contributed by atoms with Crippen LogP contribution in [0.4, 0.5) is 13.2 Å². The average Bonchev–Trinajstić information content (AvgIpc) is 2.04. The van der Waals surface area contributed by atoms with Crippen molar-refractivity contribution in [2.24, 2.45) is 0 Å². The lowest BCUT2D eigenvalue weighted by Gasteiger charge is -2.07. The van der Waals surface area contributed by atoms with E-state index in [4.69, 9.17) is 0 Å². The van der Waals surface area contributed by atoms with Gasteiger partial charge >= 0.3 is 12.1 Å². The molecule has 0 aliphatic carbocycles. The SMILES string of the molecule is C/C=C(\C(=O)OCC)C(=O)C(F)(F)F. The van der Waals surface area contributed by atoms with E-state index in [1.807, 2.05) is 0 Å². The summed E-state index contributed by atoms with van der Waals surface area (Å²) < 4.78 is 39.9. The number of ether oxygens (including phenoxy) is 1. The zero-order chi connectivity index (χ0) is 11.4. The zero-order valence-corrected chi connectivity index (χ0v) is 7.64. The van der Waals surface area contributed by atoms with Crippen LogP contribution in [0.25, 0.3) is 0 Å². The van der Waals surface area contributed by atoms with Crippen molar-refractivity contribution >= 4 is 11.8 Å². The van der Waals surface area contributed by atoms with E-state index in [2.05, 4.69) is 4.74 Å². The van der Waals surface area contributed by atoms with Crippen LogP contribution in [0.3, 0.4) is 0 Å². The Kier molecular flexibility index (Phi) is 4.33. The second kappa shape index (κ2) is 4.78. The molecule has 0 bridgehead atoms. The first-order valence-corrected chi connectivity index (χ1v) is 3.79. The molecule has 0 aliphatic rings. The van der Waals surface area contributed by atoms with Gasteiger partial charge in [0, 0.05) is 0 Å². The average molecular weight is 210 g/mol. The van der Waals surface area contributed by atoms with Gasteiger partial charge in [-0.25, -0.2) is 4.79 Å². The number of carbonyl (C=O) groups is 2. The van der Waals surface area contributed by atoms with Gasteiger partial charge in [-0.2, -0.15) is 13.2 Å². The minimum absolute atomic E-state index is 0.0820. The smallest absolute Gasteiger partial charge is 0.455 e. The second-order valence-electron chi connectivity index (χ2n) is 2.25. The van der Waals surface area contributed by atoms with Gasteiger partial charge < -0.3 is 4.74 Å². The maximum absolute atomic E-state index is 11.9. The Labute approximate surface area is 78.5 Å². The summed E-state index contributed by atoms with van der Waals surface area (Å²) in [4.78, 5) is 21.5. The monoisotopic (exact) mass is 210 g/mol. The topological polar surface area (TPSA) is 43.4 Å². The summed E-state index contributed by atoms with van der Waals surface area (Å²) in [6.45, 7) is 2.51. The van der Waals surface area contributed by atoms with Crippen molar-refractivity contribution in [3.8, 4) is 0 Å². The van der Waals surface area contributed by atoms with E-state index in [0.29, 0.717) is 0 Å². The van der Waals surface area contributed by atoms with E-state index >= 15 is 0 Å². The summed E-state index contributed by atoms with van der Waals surface area (Å²) in [6, 6.07) is 0. The second-order valence-corrected chi connectivity index (χ2v) is 2.25. The summed E-state index contributed by atoms with van der Waals surface area (Å²) in [6.07, 6.45) is -4.26. The Morgan fingerprint density at radius 1 is 1.36 bits per heavy atom. The van der Waals surface area contributed by atoms with Crippen LogP contribution in [0.1, 0.15) is 13.8 Å². The highest BCUT2D eigenvalue weighted by Gasteiger charge is 2.43. The molecule has 0 aliphatic heterocycles. The molecule has 0 atom stereocenters. The number of alkyl halides is 3. The number of ketones is 1. The van der Waals surface area contributed by atoms with Crippen LogP contribution in [0.2, 0.25) is 0 Å². The summed E-state index contributed by atoms with van der Waals surface area (Å²) >= 11 is 0. The van der Waals surface area contributed by atoms with Crippen LogP contribution in [-0.2, 0) is 14.3 Å². The third-order valence-electron chi connectivity index (χ3n) is 1.29. The quantitative estimate of drug-likeness (QED) is 0.308. The largest absolute Gasteiger partial charge is 0.462 e. The van der Waals surface area contributed by atoms with Crippen LogP contribution >= 0.6 is 0 Å². The molecule has 0 fully saturated rings. The van der Waals surface area contributed by atoms with Crippen LogP contribution in [0.5, 0.6) is 0 Å². The van der Waals surface area contributed by atoms with Crippen molar-refractivity contribution < 1.29 is 27.5 Å². The van der Waals surface area contributed by atoms with E-state index in [9.17, 15) is 22.8 Å². The van der Waals surface area contributed by atoms with Crippen LogP contribution in [0.15, 0.2) is 11.6 Å². The molecule has 3 nitrogen and oxygen atoms in total. The van der Waals surface area contributed by atoms with Gasteiger partial charge in [-0.1, -0.05) is 6.08 Å². The van der Waals surface area contributed by atoms with Gasteiger partial charge in [0.05, 0.1) is 6.61 Å². The number of Topliss-reactive ketones (excluding diaryl/α,β-unsaturated/α-hetero) is 1. The highest BCUT2D eigenvalue weighted by atomic mass is 19.4. The number of carbonyl (C=O) groups excluding carboxylic acids is 2. The maximum Gasteiger partial charge on any atom is 0.455 e. The number of hydrogen-bond donors (Lipinski definition) is 0. The first kappa shape index (κ1) is 12.7. The van der Waals surface area contributed by atoms with E-state index in [-0.39, 0.29) is 6.61 Å². The first-order valence-electron chi connectivity index (χ1n) is 3.79. The fraction of sp³-hybridized carbons (Fsp3) is 0.500. The molecule has 0 heterocycles. The standard InChI is InChI=1S/C8H9F3O3/c1-3-5(7(13)14-4-2)6(12)8(9,10)11/h3H,4H2,1-2H3/b5-3-. The highest BCUT2D eigenvalue weighted by Crippen LogP contribution is 2.21. The molecular weight excluding hydrogens is 201 g/mol. The van der Waals surface area contributed by atoms with Gasteiger partial charge in [0.1, 0.15) is 5.57 Å². The van der Waals surface area contributed by atoms with Crippen molar-refractivity contribution in [3.63, 3.8) is 0 Å². The van der Waals surface area contributed by atoms with E-state index < -0.39 is 23.5 Å². The predicted octanol–water partition coefficient (Wildman–Crippen LogP) is 1.63. The zero-order valence-electron chi connectivity index (χ0n) is 7.64.